The zero-order valence-corrected chi connectivity index (χ0v) is 14.6. The van der Waals surface area contributed by atoms with E-state index in [1.165, 1.54) is 0 Å². The number of nitrogens with one attached hydrogen (secondary N) is 1. The highest BCUT2D eigenvalue weighted by atomic mass is 16.3. The summed E-state index contributed by atoms with van der Waals surface area (Å²) in [5.74, 6) is 0.390. The maximum absolute atomic E-state index is 12.8. The summed E-state index contributed by atoms with van der Waals surface area (Å²) in [7, 11) is 0. The van der Waals surface area contributed by atoms with Crippen LogP contribution in [0.1, 0.15) is 74.5 Å². The number of carbonyl (C=O) groups excluding carboxylic acids is 1. The second-order valence-electron chi connectivity index (χ2n) is 7.03. The van der Waals surface area contributed by atoms with Crippen LogP contribution >= 0.6 is 0 Å². The first kappa shape index (κ1) is 16.9. The van der Waals surface area contributed by atoms with Crippen LogP contribution in [0.25, 0.3) is 11.0 Å². The number of aliphatic hydroxyl groups is 1. The Bertz CT molecular complexity index is 734. The molecule has 24 heavy (non-hydrogen) atoms. The predicted molar refractivity (Wildman–Crippen MR) is 93.1 cm³/mol. The van der Waals surface area contributed by atoms with Crippen LogP contribution in [0.15, 0.2) is 12.3 Å². The van der Waals surface area contributed by atoms with Crippen molar-refractivity contribution in [2.24, 2.45) is 0 Å². The number of carbonyl (C=O) groups is 1. The van der Waals surface area contributed by atoms with Gasteiger partial charge in [-0.15, -0.1) is 0 Å². The van der Waals surface area contributed by atoms with Gasteiger partial charge in [0.2, 0.25) is 0 Å². The Balaban J connectivity index is 1.95. The number of pyridine rings is 1. The van der Waals surface area contributed by atoms with Crippen LogP contribution in [0, 0.1) is 0 Å². The highest BCUT2D eigenvalue weighted by Crippen LogP contribution is 2.40. The van der Waals surface area contributed by atoms with Crippen LogP contribution in [0.2, 0.25) is 0 Å². The van der Waals surface area contributed by atoms with E-state index in [1.807, 2.05) is 17.7 Å². The van der Waals surface area contributed by atoms with E-state index in [9.17, 15) is 4.79 Å². The van der Waals surface area contributed by atoms with Crippen molar-refractivity contribution in [2.45, 2.75) is 64.5 Å². The molecule has 1 atom stereocenters. The monoisotopic (exact) mass is 330 g/mol. The molecular weight excluding hydrogens is 304 g/mol. The van der Waals surface area contributed by atoms with Gasteiger partial charge in [-0.05, 0) is 52.5 Å². The minimum absolute atomic E-state index is 0.0254. The number of hydrogen-bond donors (Lipinski definition) is 2. The molecule has 6 heteroatoms. The van der Waals surface area contributed by atoms with Gasteiger partial charge >= 0.3 is 0 Å². The minimum Gasteiger partial charge on any atom is -0.396 e. The third-order valence-corrected chi connectivity index (χ3v) is 4.49. The van der Waals surface area contributed by atoms with E-state index in [1.54, 1.807) is 6.20 Å². The summed E-state index contributed by atoms with van der Waals surface area (Å²) in [6, 6.07) is 2.15. The van der Waals surface area contributed by atoms with E-state index in [-0.39, 0.29) is 24.6 Å². The molecule has 0 saturated heterocycles. The van der Waals surface area contributed by atoms with E-state index < -0.39 is 0 Å². The lowest BCUT2D eigenvalue weighted by Crippen LogP contribution is -2.33. The van der Waals surface area contributed by atoms with Gasteiger partial charge in [-0.2, -0.15) is 5.10 Å². The summed E-state index contributed by atoms with van der Waals surface area (Å²) >= 11 is 0. The molecule has 0 bridgehead atoms. The number of aliphatic hydroxyl groups excluding tert-OH is 1. The van der Waals surface area contributed by atoms with Gasteiger partial charge in [-0.3, -0.25) is 4.79 Å². The van der Waals surface area contributed by atoms with Crippen LogP contribution < -0.4 is 5.32 Å². The van der Waals surface area contributed by atoms with Crippen LogP contribution in [0.5, 0.6) is 0 Å². The normalized spacial score (nSPS) is 15.9. The molecule has 1 aliphatic carbocycles. The van der Waals surface area contributed by atoms with Crippen LogP contribution in [-0.4, -0.2) is 38.4 Å². The first-order chi connectivity index (χ1) is 11.5. The number of aromatic nitrogens is 3. The van der Waals surface area contributed by atoms with Crippen molar-refractivity contribution in [1.82, 2.24) is 20.1 Å². The second kappa shape index (κ2) is 6.89. The van der Waals surface area contributed by atoms with Gasteiger partial charge < -0.3 is 10.4 Å². The number of hydrogen-bond acceptors (Lipinski definition) is 4. The fourth-order valence-electron chi connectivity index (χ4n) is 2.96. The Kier molecular flexibility index (Phi) is 4.85. The van der Waals surface area contributed by atoms with Gasteiger partial charge in [0.05, 0.1) is 17.1 Å². The smallest absolute Gasteiger partial charge is 0.252 e. The zero-order valence-electron chi connectivity index (χ0n) is 14.6. The van der Waals surface area contributed by atoms with Gasteiger partial charge in [-0.25, -0.2) is 9.67 Å². The molecule has 0 aliphatic heterocycles. The fourth-order valence-corrected chi connectivity index (χ4v) is 2.96. The second-order valence-corrected chi connectivity index (χ2v) is 7.03. The van der Waals surface area contributed by atoms with Crippen LogP contribution in [-0.2, 0) is 0 Å². The maximum Gasteiger partial charge on any atom is 0.252 e. The molecule has 2 aromatic heterocycles. The van der Waals surface area contributed by atoms with Gasteiger partial charge in [0, 0.05) is 30.3 Å². The predicted octanol–water partition coefficient (Wildman–Crippen LogP) is 2.78. The Morgan fingerprint density at radius 3 is 2.79 bits per heavy atom. The Hall–Kier alpha value is -1.95. The number of nitrogens with zero attached hydrogens (tertiary/aromatic N) is 3. The standard InChI is InChI=1S/C18H26N4O2/c1-11(2)22-17-15(10-19-22)14(9-16(21-17)13-6-7-13)18(24)20-12(3)5-4-8-23/h9-13,23H,4-8H2,1-3H3,(H,20,24). The van der Waals surface area contributed by atoms with E-state index in [2.05, 4.69) is 24.3 Å². The number of fused-ring (bicyclic) bond motifs is 1. The van der Waals surface area contributed by atoms with Gasteiger partial charge in [0.15, 0.2) is 5.65 Å². The van der Waals surface area contributed by atoms with Crippen LogP contribution in [0.4, 0.5) is 0 Å². The molecule has 1 unspecified atom stereocenters. The van der Waals surface area contributed by atoms with Crippen molar-refractivity contribution in [1.29, 1.82) is 0 Å². The third-order valence-electron chi connectivity index (χ3n) is 4.49. The van der Waals surface area contributed by atoms with E-state index in [0.717, 1.165) is 36.0 Å². The first-order valence-electron chi connectivity index (χ1n) is 8.81. The summed E-state index contributed by atoms with van der Waals surface area (Å²) in [4.78, 5) is 17.5. The molecule has 130 valence electrons. The lowest BCUT2D eigenvalue weighted by Gasteiger charge is -2.15. The topological polar surface area (TPSA) is 80.0 Å². The summed E-state index contributed by atoms with van der Waals surface area (Å²) in [5.41, 5.74) is 2.45. The Labute approximate surface area is 142 Å². The largest absolute Gasteiger partial charge is 0.396 e. The highest BCUT2D eigenvalue weighted by molar-refractivity contribution is 6.05. The summed E-state index contributed by atoms with van der Waals surface area (Å²) in [5, 5.41) is 17.2. The van der Waals surface area contributed by atoms with E-state index in [0.29, 0.717) is 17.9 Å². The maximum atomic E-state index is 12.8. The quantitative estimate of drug-likeness (QED) is 0.818. The molecule has 2 aromatic rings. The van der Waals surface area contributed by atoms with Gasteiger partial charge in [-0.1, -0.05) is 0 Å². The SMILES string of the molecule is CC(CCCO)NC(=O)c1cc(C2CC2)nc2c1cnn2C(C)C. The molecule has 1 amide bonds. The first-order valence-corrected chi connectivity index (χ1v) is 8.81. The highest BCUT2D eigenvalue weighted by Gasteiger charge is 2.28. The number of amides is 1. The average Bonchev–Trinajstić information content (AvgIpc) is 3.30. The lowest BCUT2D eigenvalue weighted by molar-refractivity contribution is 0.0938. The summed E-state index contributed by atoms with van der Waals surface area (Å²) in [6.45, 7) is 6.24. The lowest BCUT2D eigenvalue weighted by atomic mass is 10.1. The van der Waals surface area contributed by atoms with Crippen molar-refractivity contribution < 1.29 is 9.90 Å². The average molecular weight is 330 g/mol. The Morgan fingerprint density at radius 1 is 1.42 bits per heavy atom. The number of rotatable bonds is 7. The molecule has 0 spiro atoms. The Morgan fingerprint density at radius 2 is 2.17 bits per heavy atom. The molecule has 0 radical (unpaired) electrons. The van der Waals surface area contributed by atoms with Crippen molar-refractivity contribution in [3.63, 3.8) is 0 Å². The third kappa shape index (κ3) is 3.43. The fraction of sp³-hybridized carbons (Fsp3) is 0.611. The zero-order chi connectivity index (χ0) is 17.3. The van der Waals surface area contributed by atoms with E-state index in [4.69, 9.17) is 10.1 Å². The van der Waals surface area contributed by atoms with E-state index >= 15 is 0 Å². The molecule has 2 heterocycles. The molecule has 1 fully saturated rings. The van der Waals surface area contributed by atoms with Crippen LogP contribution in [0.3, 0.4) is 0 Å². The molecule has 1 aliphatic rings. The van der Waals surface area contributed by atoms with Gasteiger partial charge in [0.1, 0.15) is 0 Å². The van der Waals surface area contributed by atoms with Crippen molar-refractivity contribution in [3.05, 3.63) is 23.5 Å². The molecule has 0 aromatic carbocycles. The molecule has 2 N–H and O–H groups in total. The summed E-state index contributed by atoms with van der Waals surface area (Å²) in [6.07, 6.45) is 5.47. The summed E-state index contributed by atoms with van der Waals surface area (Å²) < 4.78 is 1.88. The van der Waals surface area contributed by atoms with Crippen molar-refractivity contribution in [3.8, 4) is 0 Å². The molecule has 6 nitrogen and oxygen atoms in total. The molecule has 3 rings (SSSR count). The molecular formula is C18H26N4O2. The van der Waals surface area contributed by atoms with Crippen molar-refractivity contribution in [2.75, 3.05) is 6.61 Å². The minimum atomic E-state index is -0.0851. The molecule has 1 saturated carbocycles. The van der Waals surface area contributed by atoms with Crippen molar-refractivity contribution >= 4 is 16.9 Å². The van der Waals surface area contributed by atoms with Gasteiger partial charge in [0.25, 0.3) is 5.91 Å².